The van der Waals surface area contributed by atoms with E-state index < -0.39 is 0 Å². The van der Waals surface area contributed by atoms with Crippen LogP contribution in [0.5, 0.6) is 0 Å². The van der Waals surface area contributed by atoms with Gasteiger partial charge in [0.25, 0.3) is 0 Å². The lowest BCUT2D eigenvalue weighted by molar-refractivity contribution is -0.888. The summed E-state index contributed by atoms with van der Waals surface area (Å²) in [5.41, 5.74) is 0. The Balaban J connectivity index is 3.58. The Kier molecular flexibility index (Phi) is 6.33. The molecule has 3 heteroatoms. The minimum absolute atomic E-state index is 1.12. The molecule has 0 radical (unpaired) electrons. The molecule has 0 atom stereocenters. The largest absolute Gasteiger partial charge is 0.328 e. The van der Waals surface area contributed by atoms with Crippen molar-refractivity contribution in [3.63, 3.8) is 0 Å². The van der Waals surface area contributed by atoms with Crippen LogP contribution in [0.1, 0.15) is 6.92 Å². The second kappa shape index (κ2) is 6.38. The third-order valence-corrected chi connectivity index (χ3v) is 2.87. The minimum atomic E-state index is 1.12. The molecule has 0 N–H and O–H groups in total. The first-order valence-electron chi connectivity index (χ1n) is 5.52. The monoisotopic (exact) mass is 202 g/mol. The summed E-state index contributed by atoms with van der Waals surface area (Å²) in [5.74, 6) is 0. The van der Waals surface area contributed by atoms with Gasteiger partial charge in [0.2, 0.25) is 0 Å². The molecule has 0 aliphatic rings. The third kappa shape index (κ3) is 7.30. The predicted octanol–water partition coefficient (Wildman–Crippen LogP) is 0.576. The van der Waals surface area contributed by atoms with Gasteiger partial charge in [-0.05, 0) is 28.1 Å². The first-order chi connectivity index (χ1) is 6.37. The molecular formula is C11H28N3+. The summed E-state index contributed by atoms with van der Waals surface area (Å²) < 4.78 is 1.12. The summed E-state index contributed by atoms with van der Waals surface area (Å²) in [5, 5.41) is 0. The van der Waals surface area contributed by atoms with Crippen molar-refractivity contribution in [2.45, 2.75) is 6.92 Å². The van der Waals surface area contributed by atoms with Crippen molar-refractivity contribution in [1.82, 2.24) is 9.80 Å². The molecular weight excluding hydrogens is 174 g/mol. The van der Waals surface area contributed by atoms with E-state index in [1.807, 2.05) is 0 Å². The summed E-state index contributed by atoms with van der Waals surface area (Å²) in [6.07, 6.45) is 0. The van der Waals surface area contributed by atoms with Crippen molar-refractivity contribution in [2.75, 3.05) is 68.0 Å². The van der Waals surface area contributed by atoms with Crippen molar-refractivity contribution in [3.8, 4) is 0 Å². The molecule has 0 aromatic carbocycles. The van der Waals surface area contributed by atoms with E-state index in [1.54, 1.807) is 0 Å². The van der Waals surface area contributed by atoms with Gasteiger partial charge in [0, 0.05) is 19.6 Å². The van der Waals surface area contributed by atoms with Crippen molar-refractivity contribution in [2.24, 2.45) is 0 Å². The van der Waals surface area contributed by atoms with Gasteiger partial charge in [-0.15, -0.1) is 0 Å². The second-order valence-electron chi connectivity index (χ2n) is 5.08. The number of quaternary nitrogens is 1. The van der Waals surface area contributed by atoms with Crippen molar-refractivity contribution >= 4 is 0 Å². The van der Waals surface area contributed by atoms with E-state index in [2.05, 4.69) is 52.0 Å². The molecule has 0 aliphatic carbocycles. The average molecular weight is 202 g/mol. The molecule has 0 fully saturated rings. The highest BCUT2D eigenvalue weighted by atomic mass is 15.3. The summed E-state index contributed by atoms with van der Waals surface area (Å²) >= 11 is 0. The Bertz CT molecular complexity index is 143. The molecule has 0 rings (SSSR count). The van der Waals surface area contributed by atoms with E-state index in [0.717, 1.165) is 17.6 Å². The molecule has 0 amide bonds. The maximum Gasteiger partial charge on any atom is 0.0911 e. The van der Waals surface area contributed by atoms with E-state index in [4.69, 9.17) is 0 Å². The van der Waals surface area contributed by atoms with Crippen LogP contribution in [0, 0.1) is 0 Å². The normalized spacial score (nSPS) is 12.9. The zero-order valence-electron chi connectivity index (χ0n) is 10.9. The van der Waals surface area contributed by atoms with Crippen LogP contribution in [0.15, 0.2) is 0 Å². The fraction of sp³-hybridized carbons (Fsp3) is 1.00. The van der Waals surface area contributed by atoms with Gasteiger partial charge in [0.15, 0.2) is 0 Å². The van der Waals surface area contributed by atoms with Gasteiger partial charge in [-0.2, -0.15) is 0 Å². The molecule has 0 bridgehead atoms. The molecule has 3 nitrogen and oxygen atoms in total. The standard InChI is InChI=1S/C11H28N3/c1-7-14(5,6)11-10-13(4)9-8-12(2)3/h7-11H2,1-6H3/q+1. The fourth-order valence-electron chi connectivity index (χ4n) is 1.08. The molecule has 0 saturated heterocycles. The number of likely N-dealkylation sites (N-methyl/N-ethyl adjacent to an activating group) is 3. The third-order valence-electron chi connectivity index (χ3n) is 2.87. The SMILES string of the molecule is CC[N+](C)(C)CCN(C)CCN(C)C. The molecule has 14 heavy (non-hydrogen) atoms. The molecule has 0 spiro atoms. The molecule has 86 valence electrons. The highest BCUT2D eigenvalue weighted by molar-refractivity contribution is 4.53. The summed E-state index contributed by atoms with van der Waals surface area (Å²) in [7, 11) is 11.0. The van der Waals surface area contributed by atoms with Crippen LogP contribution in [-0.2, 0) is 0 Å². The molecule has 0 heterocycles. The van der Waals surface area contributed by atoms with Crippen LogP contribution >= 0.6 is 0 Å². The number of rotatable bonds is 7. The van der Waals surface area contributed by atoms with Crippen LogP contribution in [0.3, 0.4) is 0 Å². The quantitative estimate of drug-likeness (QED) is 0.557. The van der Waals surface area contributed by atoms with Crippen LogP contribution in [0.2, 0.25) is 0 Å². The van der Waals surface area contributed by atoms with Crippen molar-refractivity contribution in [3.05, 3.63) is 0 Å². The van der Waals surface area contributed by atoms with E-state index >= 15 is 0 Å². The predicted molar refractivity (Wildman–Crippen MR) is 63.6 cm³/mol. The lowest BCUT2D eigenvalue weighted by Crippen LogP contribution is -2.45. The van der Waals surface area contributed by atoms with E-state index in [1.165, 1.54) is 19.6 Å². The lowest BCUT2D eigenvalue weighted by Gasteiger charge is -2.30. The topological polar surface area (TPSA) is 6.48 Å². The highest BCUT2D eigenvalue weighted by Gasteiger charge is 2.12. The molecule has 0 unspecified atom stereocenters. The van der Waals surface area contributed by atoms with Gasteiger partial charge in [0.1, 0.15) is 0 Å². The zero-order valence-corrected chi connectivity index (χ0v) is 10.9. The number of hydrogen-bond acceptors (Lipinski definition) is 2. The van der Waals surface area contributed by atoms with Crippen LogP contribution in [-0.4, -0.2) is 82.2 Å². The van der Waals surface area contributed by atoms with E-state index in [9.17, 15) is 0 Å². The van der Waals surface area contributed by atoms with Gasteiger partial charge in [-0.3, -0.25) is 4.90 Å². The van der Waals surface area contributed by atoms with Gasteiger partial charge in [0.05, 0.1) is 27.2 Å². The number of hydrogen-bond donors (Lipinski definition) is 0. The Hall–Kier alpha value is -0.120. The van der Waals surface area contributed by atoms with Crippen LogP contribution in [0.25, 0.3) is 0 Å². The number of nitrogens with zero attached hydrogens (tertiary/aromatic N) is 3. The second-order valence-corrected chi connectivity index (χ2v) is 5.08. The maximum atomic E-state index is 2.41. The van der Waals surface area contributed by atoms with Crippen molar-refractivity contribution < 1.29 is 4.48 Å². The summed E-state index contributed by atoms with van der Waals surface area (Å²) in [6.45, 7) is 8.20. The van der Waals surface area contributed by atoms with Crippen molar-refractivity contribution in [1.29, 1.82) is 0 Å². The van der Waals surface area contributed by atoms with Crippen LogP contribution < -0.4 is 0 Å². The van der Waals surface area contributed by atoms with E-state index in [0.29, 0.717) is 0 Å². The average Bonchev–Trinajstić information content (AvgIpc) is 2.11. The summed E-state index contributed by atoms with van der Waals surface area (Å²) in [4.78, 5) is 4.64. The Labute approximate surface area is 89.9 Å². The first-order valence-corrected chi connectivity index (χ1v) is 5.52. The summed E-state index contributed by atoms with van der Waals surface area (Å²) in [6, 6.07) is 0. The Morgan fingerprint density at radius 2 is 1.50 bits per heavy atom. The van der Waals surface area contributed by atoms with E-state index in [-0.39, 0.29) is 0 Å². The van der Waals surface area contributed by atoms with Crippen LogP contribution in [0.4, 0.5) is 0 Å². The lowest BCUT2D eigenvalue weighted by atomic mass is 10.4. The first kappa shape index (κ1) is 13.9. The highest BCUT2D eigenvalue weighted by Crippen LogP contribution is 1.96. The molecule has 0 aliphatic heterocycles. The van der Waals surface area contributed by atoms with Gasteiger partial charge in [-0.25, -0.2) is 0 Å². The smallest absolute Gasteiger partial charge is 0.0911 e. The zero-order chi connectivity index (χ0) is 11.2. The molecule has 0 saturated carbocycles. The fourth-order valence-corrected chi connectivity index (χ4v) is 1.08. The Morgan fingerprint density at radius 3 is 1.93 bits per heavy atom. The molecule has 0 aromatic rings. The van der Waals surface area contributed by atoms with Gasteiger partial charge >= 0.3 is 0 Å². The van der Waals surface area contributed by atoms with Gasteiger partial charge in [-0.1, -0.05) is 0 Å². The minimum Gasteiger partial charge on any atom is -0.328 e. The Morgan fingerprint density at radius 1 is 0.929 bits per heavy atom. The van der Waals surface area contributed by atoms with Gasteiger partial charge < -0.3 is 9.38 Å². The molecule has 0 aromatic heterocycles. The maximum absolute atomic E-state index is 2.41.